The van der Waals surface area contributed by atoms with Crippen LogP contribution in [0.4, 0.5) is 10.1 Å². The molecular formula is C18H28FN3O. The molecule has 1 amide bonds. The molecule has 0 aromatic heterocycles. The van der Waals surface area contributed by atoms with E-state index in [1.54, 1.807) is 12.1 Å². The molecule has 1 heterocycles. The number of anilines is 1. The second-order valence-corrected chi connectivity index (χ2v) is 7.00. The number of nitrogens with zero attached hydrogens (tertiary/aromatic N) is 1. The quantitative estimate of drug-likeness (QED) is 0.847. The SMILES string of the molecule is C[C@@H]1C[C@H](C)CN(C[C@@H](C)NC(=O)CNc2cccc(F)c2)C1. The normalized spacial score (nSPS) is 23.3. The molecule has 0 radical (unpaired) electrons. The van der Waals surface area contributed by atoms with Gasteiger partial charge in [0.15, 0.2) is 0 Å². The Morgan fingerprint density at radius 3 is 2.70 bits per heavy atom. The first-order chi connectivity index (χ1) is 10.9. The van der Waals surface area contributed by atoms with Gasteiger partial charge < -0.3 is 15.5 Å². The zero-order chi connectivity index (χ0) is 16.8. The van der Waals surface area contributed by atoms with Gasteiger partial charge in [0.2, 0.25) is 5.91 Å². The van der Waals surface area contributed by atoms with Crippen LogP contribution < -0.4 is 10.6 Å². The van der Waals surface area contributed by atoms with Crippen LogP contribution in [-0.4, -0.2) is 43.0 Å². The van der Waals surface area contributed by atoms with Gasteiger partial charge in [-0.1, -0.05) is 19.9 Å². The molecule has 3 atom stereocenters. The average molecular weight is 321 g/mol. The minimum absolute atomic E-state index is 0.0696. The lowest BCUT2D eigenvalue weighted by Gasteiger charge is -2.36. The van der Waals surface area contributed by atoms with Crippen LogP contribution in [0.2, 0.25) is 0 Å². The van der Waals surface area contributed by atoms with E-state index in [2.05, 4.69) is 29.4 Å². The number of hydrogen-bond donors (Lipinski definition) is 2. The molecule has 2 N–H and O–H groups in total. The van der Waals surface area contributed by atoms with E-state index in [1.807, 2.05) is 6.92 Å². The summed E-state index contributed by atoms with van der Waals surface area (Å²) in [5, 5.41) is 5.95. The van der Waals surface area contributed by atoms with Gasteiger partial charge in [-0.05, 0) is 43.4 Å². The topological polar surface area (TPSA) is 44.4 Å². The lowest BCUT2D eigenvalue weighted by Crippen LogP contribution is -2.47. The van der Waals surface area contributed by atoms with Crippen LogP contribution in [0.25, 0.3) is 0 Å². The standard InChI is InChI=1S/C18H28FN3O/c1-13-7-14(2)11-22(10-13)12-15(3)21-18(23)9-20-17-6-4-5-16(19)8-17/h4-6,8,13-15,20H,7,9-12H2,1-3H3,(H,21,23)/t13-,14+,15-/m1/s1. The number of amides is 1. The van der Waals surface area contributed by atoms with Gasteiger partial charge in [-0.2, -0.15) is 0 Å². The molecule has 0 bridgehead atoms. The Morgan fingerprint density at radius 2 is 2.04 bits per heavy atom. The highest BCUT2D eigenvalue weighted by Crippen LogP contribution is 2.20. The monoisotopic (exact) mass is 321 g/mol. The van der Waals surface area contributed by atoms with Crippen molar-refractivity contribution in [2.75, 3.05) is 31.5 Å². The predicted molar refractivity (Wildman–Crippen MR) is 91.9 cm³/mol. The van der Waals surface area contributed by atoms with Crippen molar-refractivity contribution < 1.29 is 9.18 Å². The summed E-state index contributed by atoms with van der Waals surface area (Å²) in [6, 6.07) is 6.24. The van der Waals surface area contributed by atoms with Crippen molar-refractivity contribution in [2.45, 2.75) is 33.2 Å². The van der Waals surface area contributed by atoms with Gasteiger partial charge in [0.25, 0.3) is 0 Å². The summed E-state index contributed by atoms with van der Waals surface area (Å²) in [5.74, 6) is 1.06. The van der Waals surface area contributed by atoms with Gasteiger partial charge in [0, 0.05) is 31.4 Å². The summed E-state index contributed by atoms with van der Waals surface area (Å²) in [7, 11) is 0. The molecule has 1 aromatic rings. The van der Waals surface area contributed by atoms with E-state index in [4.69, 9.17) is 0 Å². The second kappa shape index (κ2) is 8.29. The summed E-state index contributed by atoms with van der Waals surface area (Å²) in [6.45, 7) is 9.84. The van der Waals surface area contributed by atoms with Crippen LogP contribution in [0.1, 0.15) is 27.2 Å². The zero-order valence-corrected chi connectivity index (χ0v) is 14.3. The molecule has 0 unspecified atom stereocenters. The maximum atomic E-state index is 13.1. The van der Waals surface area contributed by atoms with Crippen molar-refractivity contribution in [1.29, 1.82) is 0 Å². The zero-order valence-electron chi connectivity index (χ0n) is 14.3. The van der Waals surface area contributed by atoms with Gasteiger partial charge in [-0.15, -0.1) is 0 Å². The number of carbonyl (C=O) groups is 1. The highest BCUT2D eigenvalue weighted by atomic mass is 19.1. The van der Waals surface area contributed by atoms with E-state index < -0.39 is 0 Å². The van der Waals surface area contributed by atoms with E-state index in [0.717, 1.165) is 31.5 Å². The number of halogens is 1. The smallest absolute Gasteiger partial charge is 0.239 e. The van der Waals surface area contributed by atoms with Crippen molar-refractivity contribution >= 4 is 11.6 Å². The van der Waals surface area contributed by atoms with Crippen molar-refractivity contribution in [2.24, 2.45) is 11.8 Å². The number of benzene rings is 1. The van der Waals surface area contributed by atoms with Crippen molar-refractivity contribution in [1.82, 2.24) is 10.2 Å². The summed E-state index contributed by atoms with van der Waals surface area (Å²) in [4.78, 5) is 14.4. The van der Waals surface area contributed by atoms with Crippen LogP contribution >= 0.6 is 0 Å². The molecule has 4 nitrogen and oxygen atoms in total. The maximum absolute atomic E-state index is 13.1. The number of piperidine rings is 1. The summed E-state index contributed by atoms with van der Waals surface area (Å²) >= 11 is 0. The van der Waals surface area contributed by atoms with Gasteiger partial charge in [-0.3, -0.25) is 4.79 Å². The lowest BCUT2D eigenvalue weighted by atomic mass is 9.92. The lowest BCUT2D eigenvalue weighted by molar-refractivity contribution is -0.120. The molecule has 128 valence electrons. The minimum atomic E-state index is -0.308. The molecule has 0 aliphatic carbocycles. The molecule has 23 heavy (non-hydrogen) atoms. The molecule has 1 saturated heterocycles. The van der Waals surface area contributed by atoms with Crippen molar-refractivity contribution in [3.8, 4) is 0 Å². The molecule has 0 spiro atoms. The number of carbonyl (C=O) groups excluding carboxylic acids is 1. The van der Waals surface area contributed by atoms with E-state index in [9.17, 15) is 9.18 Å². The molecule has 5 heteroatoms. The summed E-state index contributed by atoms with van der Waals surface area (Å²) in [5.41, 5.74) is 0.617. The summed E-state index contributed by atoms with van der Waals surface area (Å²) < 4.78 is 13.1. The Hall–Kier alpha value is -1.62. The molecule has 1 aliphatic heterocycles. The van der Waals surface area contributed by atoms with Crippen LogP contribution in [0.15, 0.2) is 24.3 Å². The van der Waals surface area contributed by atoms with Crippen molar-refractivity contribution in [3.05, 3.63) is 30.1 Å². The Kier molecular flexibility index (Phi) is 6.39. The number of likely N-dealkylation sites (tertiary alicyclic amines) is 1. The molecule has 1 fully saturated rings. The largest absolute Gasteiger partial charge is 0.376 e. The van der Waals surface area contributed by atoms with E-state index in [1.165, 1.54) is 18.6 Å². The van der Waals surface area contributed by atoms with Crippen LogP contribution in [-0.2, 0) is 4.79 Å². The first-order valence-corrected chi connectivity index (χ1v) is 8.43. The second-order valence-electron chi connectivity index (χ2n) is 7.00. The number of rotatable bonds is 6. The Balaban J connectivity index is 1.72. The fraction of sp³-hybridized carbons (Fsp3) is 0.611. The van der Waals surface area contributed by atoms with Gasteiger partial charge in [-0.25, -0.2) is 4.39 Å². The van der Waals surface area contributed by atoms with Gasteiger partial charge in [0.05, 0.1) is 6.54 Å². The fourth-order valence-corrected chi connectivity index (χ4v) is 3.48. The van der Waals surface area contributed by atoms with Gasteiger partial charge in [0.1, 0.15) is 5.82 Å². The average Bonchev–Trinajstić information content (AvgIpc) is 2.44. The van der Waals surface area contributed by atoms with Crippen LogP contribution in [0.5, 0.6) is 0 Å². The maximum Gasteiger partial charge on any atom is 0.239 e. The molecule has 1 aliphatic rings. The van der Waals surface area contributed by atoms with Crippen molar-refractivity contribution in [3.63, 3.8) is 0 Å². The summed E-state index contributed by atoms with van der Waals surface area (Å²) in [6.07, 6.45) is 1.29. The minimum Gasteiger partial charge on any atom is -0.376 e. The Bertz CT molecular complexity index is 513. The third kappa shape index (κ3) is 6.18. The van der Waals surface area contributed by atoms with E-state index in [-0.39, 0.29) is 24.3 Å². The highest BCUT2D eigenvalue weighted by Gasteiger charge is 2.23. The molecular weight excluding hydrogens is 293 g/mol. The third-order valence-corrected chi connectivity index (χ3v) is 4.16. The highest BCUT2D eigenvalue weighted by molar-refractivity contribution is 5.80. The number of nitrogens with one attached hydrogen (secondary N) is 2. The Labute approximate surface area is 138 Å². The van der Waals surface area contributed by atoms with Crippen LogP contribution in [0, 0.1) is 17.7 Å². The van der Waals surface area contributed by atoms with Gasteiger partial charge >= 0.3 is 0 Å². The van der Waals surface area contributed by atoms with Crippen LogP contribution in [0.3, 0.4) is 0 Å². The van der Waals surface area contributed by atoms with E-state index >= 15 is 0 Å². The Morgan fingerprint density at radius 1 is 1.35 bits per heavy atom. The molecule has 0 saturated carbocycles. The predicted octanol–water partition coefficient (Wildman–Crippen LogP) is 2.72. The molecule has 2 rings (SSSR count). The first kappa shape index (κ1) is 17.7. The number of hydrogen-bond acceptors (Lipinski definition) is 3. The fourth-order valence-electron chi connectivity index (χ4n) is 3.48. The van der Waals surface area contributed by atoms with E-state index in [0.29, 0.717) is 5.69 Å². The molecule has 1 aromatic carbocycles. The third-order valence-electron chi connectivity index (χ3n) is 4.16. The first-order valence-electron chi connectivity index (χ1n) is 8.43.